The first-order valence-corrected chi connectivity index (χ1v) is 7.19. The van der Waals surface area contributed by atoms with Crippen molar-refractivity contribution >= 4 is 0 Å². The Labute approximate surface area is 107 Å². The molecular formula is C14H29N3. The molecule has 0 fully saturated rings. The van der Waals surface area contributed by atoms with Crippen LogP contribution in [-0.2, 0) is 0 Å². The van der Waals surface area contributed by atoms with Crippen molar-refractivity contribution in [1.29, 1.82) is 0 Å². The van der Waals surface area contributed by atoms with E-state index in [2.05, 4.69) is 35.7 Å². The molecule has 100 valence electrons. The molecular weight excluding hydrogens is 210 g/mol. The van der Waals surface area contributed by atoms with Crippen molar-refractivity contribution < 1.29 is 0 Å². The average Bonchev–Trinajstić information content (AvgIpc) is 2.35. The predicted molar refractivity (Wildman–Crippen MR) is 74.9 cm³/mol. The molecule has 0 bridgehead atoms. The van der Waals surface area contributed by atoms with E-state index in [-0.39, 0.29) is 0 Å². The van der Waals surface area contributed by atoms with Crippen LogP contribution in [0.25, 0.3) is 0 Å². The minimum atomic E-state index is 0.938. The lowest BCUT2D eigenvalue weighted by Gasteiger charge is -1.97. The minimum absolute atomic E-state index is 0.938. The van der Waals surface area contributed by atoms with Gasteiger partial charge in [-0.3, -0.25) is 5.43 Å². The zero-order valence-corrected chi connectivity index (χ0v) is 11.6. The highest BCUT2D eigenvalue weighted by Gasteiger charge is 1.85. The topological polar surface area (TPSA) is 36.8 Å². The third-order valence-electron chi connectivity index (χ3n) is 2.67. The summed E-state index contributed by atoms with van der Waals surface area (Å²) in [5.41, 5.74) is 2.96. The second-order valence-corrected chi connectivity index (χ2v) is 4.42. The molecule has 0 rings (SSSR count). The van der Waals surface area contributed by atoms with Gasteiger partial charge in [0.25, 0.3) is 0 Å². The van der Waals surface area contributed by atoms with Gasteiger partial charge in [-0.05, 0) is 19.3 Å². The van der Waals surface area contributed by atoms with Gasteiger partial charge in [-0.25, -0.2) is 0 Å². The highest BCUT2D eigenvalue weighted by molar-refractivity contribution is 4.77. The van der Waals surface area contributed by atoms with Crippen molar-refractivity contribution in [2.45, 2.75) is 71.6 Å². The molecule has 0 aliphatic heterocycles. The standard InChI is InChI=1S/C14H29N3/c1-3-5-7-9-10-12-14-16-17-15-13-11-8-6-4-2/h12,14H,3-11,13H2,1-2H3,(H,15,16)/b14-12+. The molecule has 17 heavy (non-hydrogen) atoms. The maximum absolute atomic E-state index is 3.94. The Bertz CT molecular complexity index is 188. The van der Waals surface area contributed by atoms with Gasteiger partial charge < -0.3 is 0 Å². The zero-order chi connectivity index (χ0) is 12.6. The summed E-state index contributed by atoms with van der Waals surface area (Å²) in [6.45, 7) is 5.39. The SMILES string of the molecule is CCCCCC/C=C/N=N\NCCCCCC. The number of nitrogens with one attached hydrogen (secondary N) is 1. The van der Waals surface area contributed by atoms with Crippen LogP contribution in [0.1, 0.15) is 71.6 Å². The van der Waals surface area contributed by atoms with E-state index in [9.17, 15) is 0 Å². The summed E-state index contributed by atoms with van der Waals surface area (Å²) in [7, 11) is 0. The zero-order valence-electron chi connectivity index (χ0n) is 11.6. The molecule has 0 aromatic heterocycles. The van der Waals surface area contributed by atoms with Gasteiger partial charge >= 0.3 is 0 Å². The average molecular weight is 239 g/mol. The fourth-order valence-corrected chi connectivity index (χ4v) is 1.57. The summed E-state index contributed by atoms with van der Waals surface area (Å²) in [6, 6.07) is 0. The molecule has 0 spiro atoms. The number of rotatable bonds is 12. The van der Waals surface area contributed by atoms with Crippen LogP contribution in [0.3, 0.4) is 0 Å². The summed E-state index contributed by atoms with van der Waals surface area (Å²) in [5, 5.41) is 7.83. The van der Waals surface area contributed by atoms with Crippen molar-refractivity contribution in [3.05, 3.63) is 12.3 Å². The Morgan fingerprint density at radius 3 is 2.29 bits per heavy atom. The molecule has 0 unspecified atom stereocenters. The van der Waals surface area contributed by atoms with Crippen LogP contribution in [0.4, 0.5) is 0 Å². The molecule has 0 aliphatic rings. The summed E-state index contributed by atoms with van der Waals surface area (Å²) in [6.07, 6.45) is 15.3. The molecule has 0 aromatic rings. The minimum Gasteiger partial charge on any atom is -0.291 e. The molecule has 0 amide bonds. The third-order valence-corrected chi connectivity index (χ3v) is 2.67. The van der Waals surface area contributed by atoms with Gasteiger partial charge in [0.2, 0.25) is 0 Å². The second kappa shape index (κ2) is 15.1. The van der Waals surface area contributed by atoms with E-state index in [0.717, 1.165) is 13.0 Å². The van der Waals surface area contributed by atoms with Crippen molar-refractivity contribution in [2.75, 3.05) is 6.54 Å². The van der Waals surface area contributed by atoms with Crippen LogP contribution in [0, 0.1) is 0 Å². The number of nitrogens with zero attached hydrogens (tertiary/aromatic N) is 2. The smallest absolute Gasteiger partial charge is 0.0473 e. The normalized spacial score (nSPS) is 11.6. The molecule has 0 saturated heterocycles. The quantitative estimate of drug-likeness (QED) is 0.290. The van der Waals surface area contributed by atoms with Crippen molar-refractivity contribution in [2.24, 2.45) is 10.3 Å². The lowest BCUT2D eigenvalue weighted by Crippen LogP contribution is -2.05. The summed E-state index contributed by atoms with van der Waals surface area (Å²) >= 11 is 0. The van der Waals surface area contributed by atoms with Gasteiger partial charge in [-0.15, -0.1) is 5.11 Å². The summed E-state index contributed by atoms with van der Waals surface area (Å²) in [5.74, 6) is 0. The van der Waals surface area contributed by atoms with E-state index in [1.54, 1.807) is 6.20 Å². The molecule has 3 heteroatoms. The Morgan fingerprint density at radius 1 is 0.882 bits per heavy atom. The lowest BCUT2D eigenvalue weighted by atomic mass is 10.1. The van der Waals surface area contributed by atoms with Crippen molar-refractivity contribution in [1.82, 2.24) is 5.43 Å². The summed E-state index contributed by atoms with van der Waals surface area (Å²) in [4.78, 5) is 0. The van der Waals surface area contributed by atoms with E-state index in [4.69, 9.17) is 0 Å². The number of hydrogen-bond donors (Lipinski definition) is 1. The van der Waals surface area contributed by atoms with Crippen molar-refractivity contribution in [3.8, 4) is 0 Å². The van der Waals surface area contributed by atoms with Crippen LogP contribution in [0.2, 0.25) is 0 Å². The second-order valence-electron chi connectivity index (χ2n) is 4.42. The van der Waals surface area contributed by atoms with E-state index < -0.39 is 0 Å². The fourth-order valence-electron chi connectivity index (χ4n) is 1.57. The molecule has 1 N–H and O–H groups in total. The number of unbranched alkanes of at least 4 members (excludes halogenated alkanes) is 7. The van der Waals surface area contributed by atoms with Crippen LogP contribution in [0.5, 0.6) is 0 Å². The molecule has 0 aromatic carbocycles. The third kappa shape index (κ3) is 15.1. The molecule has 0 radical (unpaired) electrons. The van der Waals surface area contributed by atoms with Crippen LogP contribution >= 0.6 is 0 Å². The fraction of sp³-hybridized carbons (Fsp3) is 0.857. The lowest BCUT2D eigenvalue weighted by molar-refractivity contribution is 0.600. The van der Waals surface area contributed by atoms with E-state index in [0.29, 0.717) is 0 Å². The monoisotopic (exact) mass is 239 g/mol. The highest BCUT2D eigenvalue weighted by Crippen LogP contribution is 2.02. The Kier molecular flexibility index (Phi) is 14.4. The van der Waals surface area contributed by atoms with E-state index in [1.807, 2.05) is 0 Å². The Morgan fingerprint density at radius 2 is 1.59 bits per heavy atom. The Hall–Kier alpha value is -0.860. The van der Waals surface area contributed by atoms with Crippen LogP contribution < -0.4 is 5.43 Å². The maximum atomic E-state index is 3.94. The number of hydrogen-bond acceptors (Lipinski definition) is 2. The van der Waals surface area contributed by atoms with Gasteiger partial charge in [0.1, 0.15) is 0 Å². The van der Waals surface area contributed by atoms with E-state index in [1.165, 1.54) is 51.4 Å². The largest absolute Gasteiger partial charge is 0.291 e. The molecule has 0 atom stereocenters. The highest BCUT2D eigenvalue weighted by atomic mass is 15.4. The first-order chi connectivity index (χ1) is 8.41. The van der Waals surface area contributed by atoms with Gasteiger partial charge in [-0.2, -0.15) is 0 Å². The van der Waals surface area contributed by atoms with Gasteiger partial charge in [0.05, 0.1) is 0 Å². The van der Waals surface area contributed by atoms with Crippen LogP contribution in [-0.4, -0.2) is 6.54 Å². The Balaban J connectivity index is 3.15. The van der Waals surface area contributed by atoms with E-state index >= 15 is 0 Å². The summed E-state index contributed by atoms with van der Waals surface area (Å²) < 4.78 is 0. The first kappa shape index (κ1) is 16.1. The van der Waals surface area contributed by atoms with Gasteiger partial charge in [-0.1, -0.05) is 63.7 Å². The van der Waals surface area contributed by atoms with Gasteiger partial charge in [0.15, 0.2) is 0 Å². The van der Waals surface area contributed by atoms with Gasteiger partial charge in [0, 0.05) is 12.7 Å². The van der Waals surface area contributed by atoms with Crippen molar-refractivity contribution in [3.63, 3.8) is 0 Å². The predicted octanol–water partition coefficient (Wildman–Crippen LogP) is 5.01. The molecule has 0 saturated carbocycles. The molecule has 3 nitrogen and oxygen atoms in total. The molecule has 0 heterocycles. The maximum Gasteiger partial charge on any atom is 0.0473 e. The number of allylic oxidation sites excluding steroid dienone is 1. The van der Waals surface area contributed by atoms with Crippen LogP contribution in [0.15, 0.2) is 22.6 Å². The molecule has 0 aliphatic carbocycles. The first-order valence-electron chi connectivity index (χ1n) is 7.19.